The fourth-order valence-electron chi connectivity index (χ4n) is 3.52. The van der Waals surface area contributed by atoms with Crippen LogP contribution in [0.1, 0.15) is 37.0 Å². The number of carbonyl (C=O) groups is 1. The van der Waals surface area contributed by atoms with Crippen LogP contribution in [0.4, 0.5) is 5.69 Å². The molecule has 0 saturated carbocycles. The van der Waals surface area contributed by atoms with Gasteiger partial charge in [0.15, 0.2) is 0 Å². The van der Waals surface area contributed by atoms with Crippen LogP contribution in [-0.2, 0) is 10.0 Å². The summed E-state index contributed by atoms with van der Waals surface area (Å²) in [6.45, 7) is 8.41. The summed E-state index contributed by atoms with van der Waals surface area (Å²) in [6, 6.07) is 4.52. The number of nitrogens with one attached hydrogen (secondary N) is 2. The zero-order valence-electron chi connectivity index (χ0n) is 15.6. The SMILES string of the molecule is C[C@@H]1C[C@H](C)CN(CCCNC(=O)c2ccc(NS(C)(=O)=O)c(Cl)c2)C1. The summed E-state index contributed by atoms with van der Waals surface area (Å²) >= 11 is 6.06. The number of hydrogen-bond donors (Lipinski definition) is 2. The molecule has 26 heavy (non-hydrogen) atoms. The van der Waals surface area contributed by atoms with Crippen LogP contribution in [0.2, 0.25) is 5.02 Å². The molecule has 1 aromatic rings. The van der Waals surface area contributed by atoms with Crippen molar-refractivity contribution in [2.75, 3.05) is 37.2 Å². The maximum absolute atomic E-state index is 12.2. The molecule has 0 radical (unpaired) electrons. The van der Waals surface area contributed by atoms with Crippen LogP contribution in [0.15, 0.2) is 18.2 Å². The Bertz CT molecular complexity index is 729. The van der Waals surface area contributed by atoms with Gasteiger partial charge in [0.05, 0.1) is 17.0 Å². The first-order valence-corrected chi connectivity index (χ1v) is 11.2. The van der Waals surface area contributed by atoms with E-state index in [2.05, 4.69) is 28.8 Å². The van der Waals surface area contributed by atoms with Gasteiger partial charge in [0.1, 0.15) is 0 Å². The molecule has 0 unspecified atom stereocenters. The minimum absolute atomic E-state index is 0.194. The van der Waals surface area contributed by atoms with Gasteiger partial charge >= 0.3 is 0 Å². The smallest absolute Gasteiger partial charge is 0.251 e. The third-order valence-corrected chi connectivity index (χ3v) is 5.31. The van der Waals surface area contributed by atoms with Crippen molar-refractivity contribution >= 4 is 33.2 Å². The van der Waals surface area contributed by atoms with E-state index < -0.39 is 10.0 Å². The first kappa shape index (κ1) is 21.0. The number of likely N-dealkylation sites (tertiary alicyclic amines) is 1. The monoisotopic (exact) mass is 401 g/mol. The highest BCUT2D eigenvalue weighted by Gasteiger charge is 2.21. The van der Waals surface area contributed by atoms with E-state index in [1.807, 2.05) is 0 Å². The Hall–Kier alpha value is -1.31. The number of nitrogens with zero attached hydrogens (tertiary/aromatic N) is 1. The average Bonchev–Trinajstić information content (AvgIpc) is 2.51. The highest BCUT2D eigenvalue weighted by atomic mass is 35.5. The molecule has 1 heterocycles. The summed E-state index contributed by atoms with van der Waals surface area (Å²) in [5, 5.41) is 3.09. The second-order valence-electron chi connectivity index (χ2n) is 7.38. The maximum Gasteiger partial charge on any atom is 0.251 e. The molecule has 1 aliphatic rings. The molecule has 146 valence electrons. The first-order valence-electron chi connectivity index (χ1n) is 8.92. The van der Waals surface area contributed by atoms with Crippen molar-refractivity contribution in [3.8, 4) is 0 Å². The zero-order chi connectivity index (χ0) is 19.3. The summed E-state index contributed by atoms with van der Waals surface area (Å²) < 4.78 is 24.8. The Balaban J connectivity index is 1.80. The Labute approximate surface area is 161 Å². The summed E-state index contributed by atoms with van der Waals surface area (Å²) in [6.07, 6.45) is 3.23. The minimum Gasteiger partial charge on any atom is -0.352 e. The van der Waals surface area contributed by atoms with E-state index in [1.54, 1.807) is 6.07 Å². The molecule has 0 spiro atoms. The predicted octanol–water partition coefficient (Wildman–Crippen LogP) is 2.81. The van der Waals surface area contributed by atoms with Gasteiger partial charge in [-0.3, -0.25) is 9.52 Å². The molecular formula is C18H28ClN3O3S. The van der Waals surface area contributed by atoms with E-state index in [0.29, 0.717) is 12.1 Å². The normalized spacial score (nSPS) is 21.4. The molecule has 6 nitrogen and oxygen atoms in total. The summed E-state index contributed by atoms with van der Waals surface area (Å²) in [4.78, 5) is 14.7. The fourth-order valence-corrected chi connectivity index (χ4v) is 4.38. The van der Waals surface area contributed by atoms with Gasteiger partial charge in [0.25, 0.3) is 5.91 Å². The molecule has 2 rings (SSSR count). The Morgan fingerprint density at radius 3 is 2.50 bits per heavy atom. The number of amides is 1. The molecule has 1 amide bonds. The molecule has 0 aromatic heterocycles. The van der Waals surface area contributed by atoms with E-state index in [9.17, 15) is 13.2 Å². The predicted molar refractivity (Wildman–Crippen MR) is 106 cm³/mol. The first-order chi connectivity index (χ1) is 12.1. The maximum atomic E-state index is 12.2. The number of anilines is 1. The Kier molecular flexibility index (Phi) is 7.32. The van der Waals surface area contributed by atoms with Gasteiger partial charge in [-0.2, -0.15) is 0 Å². The van der Waals surface area contributed by atoms with Crippen molar-refractivity contribution in [2.45, 2.75) is 26.7 Å². The summed E-state index contributed by atoms with van der Waals surface area (Å²) in [5.74, 6) is 1.25. The second-order valence-corrected chi connectivity index (χ2v) is 9.54. The number of hydrogen-bond acceptors (Lipinski definition) is 4. The van der Waals surface area contributed by atoms with Crippen LogP contribution in [0, 0.1) is 11.8 Å². The van der Waals surface area contributed by atoms with Gasteiger partial charge in [0.2, 0.25) is 10.0 Å². The summed E-state index contributed by atoms with van der Waals surface area (Å²) in [7, 11) is -3.41. The van der Waals surface area contributed by atoms with E-state index in [0.717, 1.165) is 44.1 Å². The van der Waals surface area contributed by atoms with Crippen molar-refractivity contribution in [1.29, 1.82) is 0 Å². The number of halogens is 1. The highest BCUT2D eigenvalue weighted by Crippen LogP contribution is 2.24. The van der Waals surface area contributed by atoms with Crippen LogP contribution < -0.4 is 10.0 Å². The third-order valence-electron chi connectivity index (χ3n) is 4.41. The fraction of sp³-hybridized carbons (Fsp3) is 0.611. The quantitative estimate of drug-likeness (QED) is 0.688. The molecule has 0 aliphatic carbocycles. The van der Waals surface area contributed by atoms with E-state index in [-0.39, 0.29) is 16.6 Å². The minimum atomic E-state index is -3.41. The van der Waals surface area contributed by atoms with Crippen LogP contribution in [-0.4, -0.2) is 51.7 Å². The molecule has 1 aliphatic heterocycles. The van der Waals surface area contributed by atoms with E-state index >= 15 is 0 Å². The summed E-state index contributed by atoms with van der Waals surface area (Å²) in [5.41, 5.74) is 0.674. The van der Waals surface area contributed by atoms with Crippen molar-refractivity contribution in [3.63, 3.8) is 0 Å². The van der Waals surface area contributed by atoms with Gasteiger partial charge < -0.3 is 10.2 Å². The van der Waals surface area contributed by atoms with Gasteiger partial charge in [-0.1, -0.05) is 25.4 Å². The average molecular weight is 402 g/mol. The van der Waals surface area contributed by atoms with Crippen LogP contribution in [0.3, 0.4) is 0 Å². The lowest BCUT2D eigenvalue weighted by Crippen LogP contribution is -2.40. The Morgan fingerprint density at radius 1 is 1.27 bits per heavy atom. The van der Waals surface area contributed by atoms with Crippen molar-refractivity contribution < 1.29 is 13.2 Å². The molecular weight excluding hydrogens is 374 g/mol. The van der Waals surface area contributed by atoms with E-state index in [1.165, 1.54) is 18.6 Å². The standard InChI is InChI=1S/C18H28ClN3O3S/c1-13-9-14(2)12-22(11-13)8-4-7-20-18(23)15-5-6-17(16(19)10-15)21-26(3,24)25/h5-6,10,13-14,21H,4,7-9,11-12H2,1-3H3,(H,20,23)/t13-,14+. The number of sulfonamides is 1. The van der Waals surface area contributed by atoms with Crippen molar-refractivity contribution in [3.05, 3.63) is 28.8 Å². The Morgan fingerprint density at radius 2 is 1.92 bits per heavy atom. The highest BCUT2D eigenvalue weighted by molar-refractivity contribution is 7.92. The van der Waals surface area contributed by atoms with Gasteiger partial charge in [-0.15, -0.1) is 0 Å². The molecule has 2 N–H and O–H groups in total. The zero-order valence-corrected chi connectivity index (χ0v) is 17.2. The molecule has 1 aromatic carbocycles. The van der Waals surface area contributed by atoms with Gasteiger partial charge in [0, 0.05) is 25.2 Å². The number of benzene rings is 1. The molecule has 2 atom stereocenters. The van der Waals surface area contributed by atoms with Crippen LogP contribution in [0.5, 0.6) is 0 Å². The third kappa shape index (κ3) is 6.78. The second kappa shape index (κ2) is 9.06. The molecule has 1 saturated heterocycles. The van der Waals surface area contributed by atoms with Crippen LogP contribution in [0.25, 0.3) is 0 Å². The van der Waals surface area contributed by atoms with E-state index in [4.69, 9.17) is 11.6 Å². The van der Waals surface area contributed by atoms with Gasteiger partial charge in [-0.05, 0) is 49.4 Å². The largest absolute Gasteiger partial charge is 0.352 e. The topological polar surface area (TPSA) is 78.5 Å². The van der Waals surface area contributed by atoms with Gasteiger partial charge in [-0.25, -0.2) is 8.42 Å². The lowest BCUT2D eigenvalue weighted by atomic mass is 9.92. The number of rotatable bonds is 7. The molecule has 1 fully saturated rings. The number of piperidine rings is 1. The lowest BCUT2D eigenvalue weighted by molar-refractivity contribution is 0.0947. The molecule has 0 bridgehead atoms. The molecule has 8 heteroatoms. The number of carbonyl (C=O) groups excluding carboxylic acids is 1. The van der Waals surface area contributed by atoms with Crippen LogP contribution >= 0.6 is 11.6 Å². The van der Waals surface area contributed by atoms with Crippen molar-refractivity contribution in [2.24, 2.45) is 11.8 Å². The lowest BCUT2D eigenvalue weighted by Gasteiger charge is -2.34. The van der Waals surface area contributed by atoms with Crippen molar-refractivity contribution in [1.82, 2.24) is 10.2 Å².